The van der Waals surface area contributed by atoms with E-state index in [1.165, 1.54) is 0 Å². The second-order valence-electron chi connectivity index (χ2n) is 10.7. The molecule has 0 aromatic carbocycles. The molecule has 1 aliphatic carbocycles. The predicted octanol–water partition coefficient (Wildman–Crippen LogP) is 1.41. The maximum absolute atomic E-state index is 12.9. The van der Waals surface area contributed by atoms with Crippen LogP contribution in [0.5, 0.6) is 0 Å². The molecule has 1 heterocycles. The molecule has 8 atom stereocenters. The third-order valence-corrected chi connectivity index (χ3v) is 6.05. The number of ether oxygens (including phenoxy) is 7. The highest BCUT2D eigenvalue weighted by Crippen LogP contribution is 2.36. The molecule has 0 radical (unpaired) electrons. The van der Waals surface area contributed by atoms with Crippen molar-refractivity contribution < 1.29 is 62.1 Å². The summed E-state index contributed by atoms with van der Waals surface area (Å²) in [5, 5.41) is 12.3. The van der Waals surface area contributed by atoms with Gasteiger partial charge < -0.3 is 33.2 Å². The summed E-state index contributed by atoms with van der Waals surface area (Å²) in [6, 6.07) is -1.64. The summed E-state index contributed by atoms with van der Waals surface area (Å²) in [6.07, 6.45) is -7.31. The first-order valence-electron chi connectivity index (χ1n) is 12.9. The van der Waals surface area contributed by atoms with Crippen LogP contribution in [-0.4, -0.2) is 89.8 Å². The summed E-state index contributed by atoms with van der Waals surface area (Å²) >= 11 is 0. The average Bonchev–Trinajstić information content (AvgIpc) is 2.80. The van der Waals surface area contributed by atoms with Gasteiger partial charge in [-0.3, -0.25) is 34.1 Å². The largest absolute Gasteiger partial charge is 0.463 e. The lowest BCUT2D eigenvalue weighted by Gasteiger charge is -2.45. The maximum Gasteiger partial charge on any atom is 0.316 e. The van der Waals surface area contributed by atoms with Gasteiger partial charge in [0.2, 0.25) is 0 Å². The molecule has 1 saturated heterocycles. The van der Waals surface area contributed by atoms with Gasteiger partial charge >= 0.3 is 29.8 Å². The summed E-state index contributed by atoms with van der Waals surface area (Å²) < 4.78 is 38.5. The highest BCUT2D eigenvalue weighted by molar-refractivity contribution is 5.74. The van der Waals surface area contributed by atoms with Crippen LogP contribution >= 0.6 is 0 Å². The van der Waals surface area contributed by atoms with Gasteiger partial charge in [-0.25, -0.2) is 0 Å². The van der Waals surface area contributed by atoms with Crippen molar-refractivity contribution >= 4 is 29.8 Å². The first-order valence-corrected chi connectivity index (χ1v) is 12.9. The van der Waals surface area contributed by atoms with Crippen LogP contribution in [0.15, 0.2) is 11.6 Å². The van der Waals surface area contributed by atoms with Crippen molar-refractivity contribution in [2.45, 2.75) is 110 Å². The fraction of sp³-hybridized carbons (Fsp3) is 0.731. The summed E-state index contributed by atoms with van der Waals surface area (Å²) in [4.78, 5) is 72.2. The zero-order valence-electron chi connectivity index (χ0n) is 24.3. The molecule has 15 heteroatoms. The maximum atomic E-state index is 12.9. The first-order chi connectivity index (χ1) is 18.9. The van der Waals surface area contributed by atoms with E-state index in [1.54, 1.807) is 33.8 Å². The topological polar surface area (TPSA) is 193 Å². The molecule has 0 aromatic heterocycles. The summed E-state index contributed by atoms with van der Waals surface area (Å²) in [7, 11) is 0. The van der Waals surface area contributed by atoms with Crippen LogP contribution in [0.3, 0.4) is 0 Å². The molecule has 41 heavy (non-hydrogen) atoms. The van der Waals surface area contributed by atoms with Gasteiger partial charge in [0.1, 0.15) is 30.3 Å². The number of allylic oxidation sites excluding steroid dienone is 1. The Bertz CT molecular complexity index is 1060. The number of rotatable bonds is 9. The number of carbonyl (C=O) groups excluding carboxylic acids is 5. The summed E-state index contributed by atoms with van der Waals surface area (Å²) in [5.74, 6) is -5.28. The van der Waals surface area contributed by atoms with Crippen LogP contribution in [0, 0.1) is 16.0 Å². The van der Waals surface area contributed by atoms with E-state index in [2.05, 4.69) is 0 Å². The van der Waals surface area contributed by atoms with Crippen molar-refractivity contribution in [2.75, 3.05) is 6.61 Å². The normalized spacial score (nSPS) is 29.8. The Morgan fingerprint density at radius 1 is 0.927 bits per heavy atom. The van der Waals surface area contributed by atoms with E-state index in [9.17, 15) is 34.1 Å². The number of hydrogen-bond acceptors (Lipinski definition) is 14. The van der Waals surface area contributed by atoms with Gasteiger partial charge in [0.15, 0.2) is 24.6 Å². The molecule has 2 aliphatic rings. The highest BCUT2D eigenvalue weighted by atomic mass is 16.7. The minimum absolute atomic E-state index is 0.00479. The molecule has 0 aromatic rings. The Kier molecular flexibility index (Phi) is 11.4. The molecule has 0 saturated carbocycles. The van der Waals surface area contributed by atoms with Gasteiger partial charge in [-0.15, -0.1) is 0 Å². The lowest BCUT2D eigenvalue weighted by molar-refractivity contribution is -0.545. The van der Waals surface area contributed by atoms with Crippen LogP contribution in [-0.2, 0) is 57.1 Å². The van der Waals surface area contributed by atoms with Gasteiger partial charge in [-0.2, -0.15) is 0 Å². The molecule has 1 aliphatic heterocycles. The van der Waals surface area contributed by atoms with Crippen molar-refractivity contribution in [3.8, 4) is 0 Å². The molecule has 0 N–H and O–H groups in total. The Morgan fingerprint density at radius 2 is 1.46 bits per heavy atom. The molecule has 1 fully saturated rings. The third-order valence-electron chi connectivity index (χ3n) is 6.05. The van der Waals surface area contributed by atoms with Gasteiger partial charge in [-0.05, 0) is 39.7 Å². The molecule has 2 rings (SSSR count). The molecule has 15 nitrogen and oxygen atoms in total. The van der Waals surface area contributed by atoms with Crippen LogP contribution in [0.2, 0.25) is 0 Å². The summed E-state index contributed by atoms with van der Waals surface area (Å²) in [5.41, 5.74) is -0.538. The van der Waals surface area contributed by atoms with Crippen LogP contribution < -0.4 is 0 Å². The summed E-state index contributed by atoms with van der Waals surface area (Å²) in [6.45, 7) is 10.2. The SMILES string of the molecule is CC(=O)OC[C@@H]1O[C@H](O[C@@H]2C(C)=CC[C@@H](C(=O)OC(C)(C)C)[C@H]2[N+](=O)[O-])[C@@H](OC(C)=O)[C@H](OC(C)=O)[C@H]1OC(C)=O. The van der Waals surface area contributed by atoms with Crippen LogP contribution in [0.25, 0.3) is 0 Å². The number of carbonyl (C=O) groups is 5. The Morgan fingerprint density at radius 3 is 1.95 bits per heavy atom. The average molecular weight is 588 g/mol. The van der Waals surface area contributed by atoms with Gasteiger partial charge in [0.05, 0.1) is 0 Å². The van der Waals surface area contributed by atoms with Gasteiger partial charge in [0.25, 0.3) is 6.04 Å². The van der Waals surface area contributed by atoms with Crippen LogP contribution in [0.1, 0.15) is 61.8 Å². The first kappa shape index (κ1) is 33.6. The minimum Gasteiger partial charge on any atom is -0.463 e. The van der Waals surface area contributed by atoms with Crippen molar-refractivity contribution in [1.29, 1.82) is 0 Å². The van der Waals surface area contributed by atoms with E-state index in [1.807, 2.05) is 0 Å². The third kappa shape index (κ3) is 9.49. The number of nitro groups is 1. The highest BCUT2D eigenvalue weighted by Gasteiger charge is 2.56. The molecular weight excluding hydrogens is 550 g/mol. The van der Waals surface area contributed by atoms with E-state index in [0.29, 0.717) is 5.57 Å². The lowest BCUT2D eigenvalue weighted by atomic mass is 9.83. The molecule has 0 bridgehead atoms. The standard InChI is InChI=1S/C26H37NO14/c1-12-9-10-17(24(32)41-26(6,7)8)19(27(33)34)20(12)40-25-23(38-16(5)31)22(37-15(4)30)21(36-14(3)29)18(39-25)11-35-13(2)28/h9,17-23,25H,10-11H2,1-8H3/t17-,18+,19-,20-,21+,22-,23+,25-/m1/s1. The quantitative estimate of drug-likeness (QED) is 0.123. The zero-order chi connectivity index (χ0) is 31.2. The molecule has 230 valence electrons. The fourth-order valence-electron chi connectivity index (χ4n) is 4.55. The number of esters is 5. The molecule has 0 unspecified atom stereocenters. The van der Waals surface area contributed by atoms with E-state index in [0.717, 1.165) is 27.7 Å². The van der Waals surface area contributed by atoms with Crippen molar-refractivity contribution in [1.82, 2.24) is 0 Å². The minimum atomic E-state index is -1.66. The zero-order valence-corrected chi connectivity index (χ0v) is 24.3. The van der Waals surface area contributed by atoms with Crippen molar-refractivity contribution in [3.05, 3.63) is 21.8 Å². The second kappa shape index (κ2) is 13.9. The molecule has 0 amide bonds. The van der Waals surface area contributed by atoms with E-state index in [4.69, 9.17) is 33.2 Å². The Hall–Kier alpha value is -3.59. The monoisotopic (exact) mass is 587 g/mol. The van der Waals surface area contributed by atoms with Gasteiger partial charge in [-0.1, -0.05) is 6.08 Å². The second-order valence-corrected chi connectivity index (χ2v) is 10.7. The Labute approximate surface area is 236 Å². The fourth-order valence-corrected chi connectivity index (χ4v) is 4.55. The van der Waals surface area contributed by atoms with Crippen LogP contribution in [0.4, 0.5) is 0 Å². The number of hydrogen-bond donors (Lipinski definition) is 0. The van der Waals surface area contributed by atoms with Crippen molar-refractivity contribution in [2.24, 2.45) is 5.92 Å². The van der Waals surface area contributed by atoms with Crippen molar-refractivity contribution in [3.63, 3.8) is 0 Å². The van der Waals surface area contributed by atoms with E-state index >= 15 is 0 Å². The predicted molar refractivity (Wildman–Crippen MR) is 135 cm³/mol. The number of nitrogens with zero attached hydrogens (tertiary/aromatic N) is 1. The van der Waals surface area contributed by atoms with E-state index < -0.39 is 95.7 Å². The molecule has 0 spiro atoms. The Balaban J connectivity index is 2.56. The van der Waals surface area contributed by atoms with Gasteiger partial charge in [0, 0.05) is 32.6 Å². The smallest absolute Gasteiger partial charge is 0.316 e. The van der Waals surface area contributed by atoms with E-state index in [-0.39, 0.29) is 6.42 Å². The lowest BCUT2D eigenvalue weighted by Crippen LogP contribution is -2.64. The molecular formula is C26H37NO14.